The fourth-order valence-corrected chi connectivity index (χ4v) is 2.89. The molecule has 6 heteroatoms. The van der Waals surface area contributed by atoms with Crippen LogP contribution in [0.25, 0.3) is 0 Å². The maximum Gasteiger partial charge on any atom is 0.461 e. The Hall–Kier alpha value is -1.53. The Labute approximate surface area is 144 Å². The van der Waals surface area contributed by atoms with Crippen molar-refractivity contribution in [2.75, 3.05) is 6.54 Å². The van der Waals surface area contributed by atoms with Gasteiger partial charge in [0.1, 0.15) is 6.61 Å². The van der Waals surface area contributed by atoms with Gasteiger partial charge in [0, 0.05) is 6.54 Å². The molecule has 0 spiro atoms. The summed E-state index contributed by atoms with van der Waals surface area (Å²) in [4.78, 5) is 11.8. The standard InChI is InChI=1S/C18H26BNO4/c1-17(2)18(3,4)24-19(23-17)15-10-14(15)11-20-16(21)22-12-13-8-6-5-7-9-13/h5-9,14-15H,10-12H2,1-4H3,(H,20,21). The Morgan fingerprint density at radius 3 is 2.46 bits per heavy atom. The second-order valence-corrected chi connectivity index (χ2v) is 7.73. The van der Waals surface area contributed by atoms with E-state index < -0.39 is 0 Å². The van der Waals surface area contributed by atoms with E-state index in [1.54, 1.807) is 0 Å². The van der Waals surface area contributed by atoms with E-state index in [9.17, 15) is 4.79 Å². The van der Waals surface area contributed by atoms with Gasteiger partial charge in [0.15, 0.2) is 0 Å². The Morgan fingerprint density at radius 2 is 1.83 bits per heavy atom. The van der Waals surface area contributed by atoms with Crippen LogP contribution in [0.5, 0.6) is 0 Å². The molecule has 24 heavy (non-hydrogen) atoms. The molecule has 2 unspecified atom stereocenters. The van der Waals surface area contributed by atoms with Crippen molar-refractivity contribution in [2.45, 2.75) is 57.7 Å². The normalized spacial score (nSPS) is 26.9. The van der Waals surface area contributed by atoms with Crippen LogP contribution >= 0.6 is 0 Å². The highest BCUT2D eigenvalue weighted by Gasteiger charge is 2.59. The van der Waals surface area contributed by atoms with Crippen molar-refractivity contribution < 1.29 is 18.8 Å². The molecule has 1 aliphatic carbocycles. The van der Waals surface area contributed by atoms with Crippen LogP contribution in [-0.2, 0) is 20.7 Å². The van der Waals surface area contributed by atoms with Crippen LogP contribution in [0.1, 0.15) is 39.7 Å². The minimum Gasteiger partial charge on any atom is -0.445 e. The molecule has 1 aromatic carbocycles. The van der Waals surface area contributed by atoms with Crippen LogP contribution in [0, 0.1) is 5.92 Å². The molecule has 1 heterocycles. The van der Waals surface area contributed by atoms with Crippen molar-refractivity contribution in [3.63, 3.8) is 0 Å². The number of benzene rings is 1. The van der Waals surface area contributed by atoms with Crippen molar-refractivity contribution in [2.24, 2.45) is 5.92 Å². The Morgan fingerprint density at radius 1 is 1.21 bits per heavy atom. The highest BCUT2D eigenvalue weighted by Crippen LogP contribution is 2.52. The van der Waals surface area contributed by atoms with Gasteiger partial charge in [-0.05, 0) is 51.4 Å². The zero-order chi connectivity index (χ0) is 17.4. The lowest BCUT2D eigenvalue weighted by Gasteiger charge is -2.32. The molecule has 2 aliphatic rings. The number of carbonyl (C=O) groups is 1. The third kappa shape index (κ3) is 3.76. The van der Waals surface area contributed by atoms with Gasteiger partial charge in [-0.15, -0.1) is 0 Å². The first-order valence-electron chi connectivity index (χ1n) is 8.59. The fourth-order valence-electron chi connectivity index (χ4n) is 2.89. The first-order valence-corrected chi connectivity index (χ1v) is 8.59. The minimum absolute atomic E-state index is 0.179. The number of amides is 1. The zero-order valence-electron chi connectivity index (χ0n) is 14.9. The van der Waals surface area contributed by atoms with Crippen LogP contribution in [0.3, 0.4) is 0 Å². The summed E-state index contributed by atoms with van der Waals surface area (Å²) in [6, 6.07) is 9.66. The lowest BCUT2D eigenvalue weighted by atomic mass is 9.80. The molecule has 0 aromatic heterocycles. The van der Waals surface area contributed by atoms with Crippen LogP contribution in [-0.4, -0.2) is 31.0 Å². The molecule has 2 fully saturated rings. The number of carbonyl (C=O) groups excluding carboxylic acids is 1. The van der Waals surface area contributed by atoms with Gasteiger partial charge < -0.3 is 19.4 Å². The van der Waals surface area contributed by atoms with Gasteiger partial charge in [-0.25, -0.2) is 4.79 Å². The van der Waals surface area contributed by atoms with Crippen molar-refractivity contribution in [3.8, 4) is 0 Å². The summed E-state index contributed by atoms with van der Waals surface area (Å²) in [5, 5.41) is 2.84. The summed E-state index contributed by atoms with van der Waals surface area (Å²) in [7, 11) is -0.179. The molecule has 3 rings (SSSR count). The quantitative estimate of drug-likeness (QED) is 0.840. The number of alkyl carbamates (subject to hydrolysis) is 1. The molecule has 1 aliphatic heterocycles. The largest absolute Gasteiger partial charge is 0.461 e. The molecule has 0 radical (unpaired) electrons. The first-order chi connectivity index (χ1) is 11.3. The van der Waals surface area contributed by atoms with Gasteiger partial charge in [-0.3, -0.25) is 0 Å². The Kier molecular flexibility index (Phi) is 4.62. The second kappa shape index (κ2) is 6.41. The van der Waals surface area contributed by atoms with Crippen LogP contribution < -0.4 is 5.32 Å². The highest BCUT2D eigenvalue weighted by molar-refractivity contribution is 6.48. The number of hydrogen-bond acceptors (Lipinski definition) is 4. The number of ether oxygens (including phenoxy) is 1. The van der Waals surface area contributed by atoms with E-state index in [2.05, 4.69) is 33.0 Å². The van der Waals surface area contributed by atoms with Crippen molar-refractivity contribution >= 4 is 13.2 Å². The lowest BCUT2D eigenvalue weighted by molar-refractivity contribution is 0.00578. The van der Waals surface area contributed by atoms with Crippen molar-refractivity contribution in [1.82, 2.24) is 5.32 Å². The van der Waals surface area contributed by atoms with E-state index >= 15 is 0 Å². The minimum atomic E-state index is -0.376. The number of rotatable bonds is 5. The maximum atomic E-state index is 11.8. The second-order valence-electron chi connectivity index (χ2n) is 7.73. The number of nitrogens with one attached hydrogen (secondary N) is 1. The number of hydrogen-bond donors (Lipinski definition) is 1. The van der Waals surface area contributed by atoms with Gasteiger partial charge in [-0.1, -0.05) is 30.3 Å². The van der Waals surface area contributed by atoms with Gasteiger partial charge in [0.2, 0.25) is 0 Å². The predicted molar refractivity (Wildman–Crippen MR) is 92.6 cm³/mol. The van der Waals surface area contributed by atoms with E-state index in [4.69, 9.17) is 14.0 Å². The third-order valence-corrected chi connectivity index (χ3v) is 5.32. The molecule has 0 bridgehead atoms. The molecule has 2 atom stereocenters. The summed E-state index contributed by atoms with van der Waals surface area (Å²) in [5.41, 5.74) is 0.383. The predicted octanol–water partition coefficient (Wildman–Crippen LogP) is 3.40. The van der Waals surface area contributed by atoms with Gasteiger partial charge in [0.05, 0.1) is 11.2 Å². The van der Waals surface area contributed by atoms with Crippen molar-refractivity contribution in [3.05, 3.63) is 35.9 Å². The average molecular weight is 331 g/mol. The molecule has 1 saturated heterocycles. The Balaban J connectivity index is 1.38. The van der Waals surface area contributed by atoms with Gasteiger partial charge >= 0.3 is 13.2 Å². The van der Waals surface area contributed by atoms with E-state index in [1.807, 2.05) is 30.3 Å². The zero-order valence-corrected chi connectivity index (χ0v) is 14.9. The molecular formula is C18H26BNO4. The molecule has 5 nitrogen and oxygen atoms in total. The van der Waals surface area contributed by atoms with Gasteiger partial charge in [-0.2, -0.15) is 0 Å². The molecular weight excluding hydrogens is 305 g/mol. The van der Waals surface area contributed by atoms with Gasteiger partial charge in [0.25, 0.3) is 0 Å². The average Bonchev–Trinajstić information content (AvgIpc) is 3.26. The summed E-state index contributed by atoms with van der Waals surface area (Å²) in [5.74, 6) is 0.740. The Bertz CT molecular complexity index is 574. The molecule has 130 valence electrons. The first kappa shape index (κ1) is 17.3. The topological polar surface area (TPSA) is 56.8 Å². The maximum absolute atomic E-state index is 11.8. The van der Waals surface area contributed by atoms with E-state index in [1.165, 1.54) is 0 Å². The van der Waals surface area contributed by atoms with Crippen LogP contribution in [0.2, 0.25) is 5.82 Å². The molecule has 1 aromatic rings. The summed E-state index contributed by atoms with van der Waals surface area (Å²) < 4.78 is 17.3. The highest BCUT2D eigenvalue weighted by atomic mass is 16.7. The van der Waals surface area contributed by atoms with E-state index in [0.717, 1.165) is 12.0 Å². The summed E-state index contributed by atoms with van der Waals surface area (Å²) in [6.45, 7) is 9.13. The molecule has 1 amide bonds. The SMILES string of the molecule is CC1(C)OB(C2CC2CNC(=O)OCc2ccccc2)OC1(C)C. The third-order valence-electron chi connectivity index (χ3n) is 5.32. The summed E-state index contributed by atoms with van der Waals surface area (Å²) in [6.07, 6.45) is 0.633. The van der Waals surface area contributed by atoms with Crippen LogP contribution in [0.15, 0.2) is 30.3 Å². The van der Waals surface area contributed by atoms with E-state index in [-0.39, 0.29) is 31.0 Å². The van der Waals surface area contributed by atoms with Crippen LogP contribution in [0.4, 0.5) is 4.79 Å². The molecule has 1 saturated carbocycles. The summed E-state index contributed by atoms with van der Waals surface area (Å²) >= 11 is 0. The van der Waals surface area contributed by atoms with Crippen molar-refractivity contribution in [1.29, 1.82) is 0 Å². The smallest absolute Gasteiger partial charge is 0.445 e. The monoisotopic (exact) mass is 331 g/mol. The molecule has 1 N–H and O–H groups in total. The fraction of sp³-hybridized carbons (Fsp3) is 0.611. The van der Waals surface area contributed by atoms with E-state index in [0.29, 0.717) is 18.3 Å². The lowest BCUT2D eigenvalue weighted by Crippen LogP contribution is -2.41.